The largest absolute Gasteiger partial charge is 0.507 e. The molecular formula is C20H18BrNO5. The molecule has 0 aliphatic carbocycles. The maximum Gasteiger partial charge on any atom is 0.295 e. The number of hydrogen-bond donors (Lipinski definition) is 2. The van der Waals surface area contributed by atoms with E-state index in [2.05, 4.69) is 15.9 Å². The zero-order valence-corrected chi connectivity index (χ0v) is 16.1. The molecule has 1 saturated heterocycles. The van der Waals surface area contributed by atoms with Gasteiger partial charge in [-0.15, -0.1) is 0 Å². The molecule has 140 valence electrons. The number of carbonyl (C=O) groups excluding carboxylic acids is 2. The summed E-state index contributed by atoms with van der Waals surface area (Å²) in [6.45, 7) is -0.309. The summed E-state index contributed by atoms with van der Waals surface area (Å²) < 4.78 is 5.98. The number of methoxy groups -OCH3 is 1. The summed E-state index contributed by atoms with van der Waals surface area (Å²) in [6, 6.07) is 12.9. The van der Waals surface area contributed by atoms with E-state index in [4.69, 9.17) is 4.74 Å². The number of aliphatic hydroxyl groups is 2. The van der Waals surface area contributed by atoms with Gasteiger partial charge in [0.15, 0.2) is 0 Å². The first-order valence-electron chi connectivity index (χ1n) is 8.27. The Labute approximate surface area is 164 Å². The van der Waals surface area contributed by atoms with E-state index < -0.39 is 17.7 Å². The van der Waals surface area contributed by atoms with Gasteiger partial charge in [-0.05, 0) is 29.8 Å². The van der Waals surface area contributed by atoms with Gasteiger partial charge in [-0.1, -0.05) is 40.2 Å². The van der Waals surface area contributed by atoms with Crippen LogP contribution in [-0.4, -0.2) is 47.1 Å². The van der Waals surface area contributed by atoms with E-state index in [1.165, 1.54) is 4.90 Å². The molecule has 0 radical (unpaired) electrons. The van der Waals surface area contributed by atoms with Gasteiger partial charge < -0.3 is 19.8 Å². The van der Waals surface area contributed by atoms with Crippen LogP contribution in [-0.2, 0) is 9.59 Å². The predicted octanol–water partition coefficient (Wildman–Crippen LogP) is 2.87. The molecule has 1 fully saturated rings. The second kappa shape index (κ2) is 7.94. The molecule has 1 unspecified atom stereocenters. The number of nitrogens with zero attached hydrogens (tertiary/aromatic N) is 1. The number of carbonyl (C=O) groups is 2. The number of halogens is 1. The highest BCUT2D eigenvalue weighted by Gasteiger charge is 2.45. The fraction of sp³-hybridized carbons (Fsp3) is 0.200. The second-order valence-corrected chi connectivity index (χ2v) is 6.91. The van der Waals surface area contributed by atoms with E-state index in [1.54, 1.807) is 55.6 Å². The van der Waals surface area contributed by atoms with Crippen molar-refractivity contribution in [1.82, 2.24) is 4.90 Å². The maximum atomic E-state index is 12.7. The number of likely N-dealkylation sites (tertiary alicyclic amines) is 1. The van der Waals surface area contributed by atoms with Crippen LogP contribution < -0.4 is 4.74 Å². The first-order valence-corrected chi connectivity index (χ1v) is 9.06. The lowest BCUT2D eigenvalue weighted by Gasteiger charge is -2.24. The number of hydrogen-bond acceptors (Lipinski definition) is 5. The predicted molar refractivity (Wildman–Crippen MR) is 103 cm³/mol. The molecule has 7 heteroatoms. The van der Waals surface area contributed by atoms with Crippen molar-refractivity contribution in [3.63, 3.8) is 0 Å². The molecular weight excluding hydrogens is 414 g/mol. The van der Waals surface area contributed by atoms with Crippen molar-refractivity contribution in [3.8, 4) is 5.75 Å². The van der Waals surface area contributed by atoms with Crippen LogP contribution in [0.25, 0.3) is 5.76 Å². The lowest BCUT2D eigenvalue weighted by Crippen LogP contribution is -2.32. The molecule has 3 rings (SSSR count). The molecule has 1 heterocycles. The van der Waals surface area contributed by atoms with Gasteiger partial charge in [-0.25, -0.2) is 0 Å². The average Bonchev–Trinajstić information content (AvgIpc) is 2.93. The normalized spacial score (nSPS) is 18.8. The minimum atomic E-state index is -0.785. The molecule has 0 bridgehead atoms. The van der Waals surface area contributed by atoms with Gasteiger partial charge >= 0.3 is 0 Å². The van der Waals surface area contributed by atoms with Gasteiger partial charge in [0.1, 0.15) is 11.5 Å². The maximum absolute atomic E-state index is 12.7. The molecule has 1 amide bonds. The molecule has 6 nitrogen and oxygen atoms in total. The Morgan fingerprint density at radius 3 is 2.30 bits per heavy atom. The van der Waals surface area contributed by atoms with E-state index in [1.807, 2.05) is 0 Å². The molecule has 2 N–H and O–H groups in total. The van der Waals surface area contributed by atoms with E-state index in [0.29, 0.717) is 16.9 Å². The standard InChI is InChI=1S/C20H18BrNO5/c1-27-15-8-4-12(5-9-15)17-16(19(25)20(26)22(17)10-11-23)18(24)13-2-6-14(21)7-3-13/h2-9,17,23-24H,10-11H2,1H3. The summed E-state index contributed by atoms with van der Waals surface area (Å²) in [6.07, 6.45) is 0. The number of Topliss-reactive ketones (excluding diaryl/α,β-unsaturated/α-hetero) is 1. The highest BCUT2D eigenvalue weighted by Crippen LogP contribution is 2.39. The van der Waals surface area contributed by atoms with Crippen LogP contribution >= 0.6 is 15.9 Å². The van der Waals surface area contributed by atoms with Crippen LogP contribution in [0.2, 0.25) is 0 Å². The summed E-state index contributed by atoms with van der Waals surface area (Å²) in [5.41, 5.74) is 1.07. The van der Waals surface area contributed by atoms with Crippen LogP contribution in [0.3, 0.4) is 0 Å². The van der Waals surface area contributed by atoms with Crippen LogP contribution in [0.5, 0.6) is 5.75 Å². The van der Waals surface area contributed by atoms with Gasteiger partial charge in [0.2, 0.25) is 0 Å². The molecule has 2 aromatic rings. The van der Waals surface area contributed by atoms with Crippen molar-refractivity contribution in [1.29, 1.82) is 0 Å². The minimum Gasteiger partial charge on any atom is -0.507 e. The highest BCUT2D eigenvalue weighted by atomic mass is 79.9. The number of amides is 1. The Balaban J connectivity index is 2.15. The number of rotatable bonds is 5. The Morgan fingerprint density at radius 2 is 1.74 bits per heavy atom. The third-order valence-electron chi connectivity index (χ3n) is 4.43. The first kappa shape index (κ1) is 19.1. The molecule has 1 atom stereocenters. The van der Waals surface area contributed by atoms with Crippen LogP contribution in [0.1, 0.15) is 17.2 Å². The zero-order chi connectivity index (χ0) is 19.6. The fourth-order valence-electron chi connectivity index (χ4n) is 3.11. The van der Waals surface area contributed by atoms with Crippen molar-refractivity contribution in [2.75, 3.05) is 20.3 Å². The number of aliphatic hydroxyl groups excluding tert-OH is 2. The van der Waals surface area contributed by atoms with Crippen LogP contribution in [0.15, 0.2) is 58.6 Å². The second-order valence-electron chi connectivity index (χ2n) is 6.00. The minimum absolute atomic E-state index is 0.000870. The van der Waals surface area contributed by atoms with E-state index in [0.717, 1.165) is 4.47 Å². The smallest absolute Gasteiger partial charge is 0.295 e. The van der Waals surface area contributed by atoms with Gasteiger partial charge in [-0.2, -0.15) is 0 Å². The van der Waals surface area contributed by atoms with Gasteiger partial charge in [0.05, 0.1) is 25.3 Å². The topological polar surface area (TPSA) is 87.1 Å². The third-order valence-corrected chi connectivity index (χ3v) is 4.96. The van der Waals surface area contributed by atoms with Crippen molar-refractivity contribution in [2.45, 2.75) is 6.04 Å². The Hall–Kier alpha value is -2.64. The van der Waals surface area contributed by atoms with Crippen LogP contribution in [0, 0.1) is 0 Å². The van der Waals surface area contributed by atoms with Crippen molar-refractivity contribution in [3.05, 3.63) is 69.7 Å². The van der Waals surface area contributed by atoms with E-state index >= 15 is 0 Å². The van der Waals surface area contributed by atoms with Crippen molar-refractivity contribution >= 4 is 33.4 Å². The lowest BCUT2D eigenvalue weighted by molar-refractivity contribution is -0.140. The molecule has 1 aliphatic rings. The Morgan fingerprint density at radius 1 is 1.11 bits per heavy atom. The van der Waals surface area contributed by atoms with Crippen LogP contribution in [0.4, 0.5) is 0 Å². The van der Waals surface area contributed by atoms with Gasteiger partial charge in [0.25, 0.3) is 11.7 Å². The monoisotopic (exact) mass is 431 g/mol. The van der Waals surface area contributed by atoms with Crippen molar-refractivity contribution < 1.29 is 24.5 Å². The van der Waals surface area contributed by atoms with Gasteiger partial charge in [0, 0.05) is 16.6 Å². The van der Waals surface area contributed by atoms with E-state index in [-0.39, 0.29) is 24.5 Å². The average molecular weight is 432 g/mol. The molecule has 1 aliphatic heterocycles. The third kappa shape index (κ3) is 3.61. The number of β-amino-alcohol motifs (C(OH)–C–C–N with tert-alkyl or cyclic N) is 1. The molecule has 0 spiro atoms. The SMILES string of the molecule is COc1ccc(C2C(=C(O)c3ccc(Br)cc3)C(=O)C(=O)N2CCO)cc1. The summed E-state index contributed by atoms with van der Waals surface area (Å²) >= 11 is 3.33. The van der Waals surface area contributed by atoms with Crippen molar-refractivity contribution in [2.24, 2.45) is 0 Å². The molecule has 0 saturated carbocycles. The number of benzene rings is 2. The molecule has 27 heavy (non-hydrogen) atoms. The molecule has 0 aromatic heterocycles. The first-order chi connectivity index (χ1) is 13.0. The number of ether oxygens (including phenoxy) is 1. The lowest BCUT2D eigenvalue weighted by atomic mass is 9.95. The van der Waals surface area contributed by atoms with E-state index in [9.17, 15) is 19.8 Å². The summed E-state index contributed by atoms with van der Waals surface area (Å²) in [5, 5.41) is 20.1. The Kier molecular flexibility index (Phi) is 5.62. The summed E-state index contributed by atoms with van der Waals surface area (Å²) in [7, 11) is 1.54. The zero-order valence-electron chi connectivity index (χ0n) is 14.6. The number of ketones is 1. The van der Waals surface area contributed by atoms with Gasteiger partial charge in [-0.3, -0.25) is 9.59 Å². The highest BCUT2D eigenvalue weighted by molar-refractivity contribution is 9.10. The summed E-state index contributed by atoms with van der Waals surface area (Å²) in [4.78, 5) is 26.4. The Bertz CT molecular complexity index is 890. The quantitative estimate of drug-likeness (QED) is 0.431. The fourth-order valence-corrected chi connectivity index (χ4v) is 3.38. The molecule has 2 aromatic carbocycles. The summed E-state index contributed by atoms with van der Waals surface area (Å²) in [5.74, 6) is -1.14.